The molecule has 3 aromatic rings. The van der Waals surface area contributed by atoms with Crippen molar-refractivity contribution in [1.29, 1.82) is 0 Å². The quantitative estimate of drug-likeness (QED) is 0.179. The van der Waals surface area contributed by atoms with Gasteiger partial charge in [-0.05, 0) is 74.3 Å². The minimum absolute atomic E-state index is 0.0434. The number of carbonyl (C=O) groups excluding carboxylic acids is 5. The summed E-state index contributed by atoms with van der Waals surface area (Å²) in [6.45, 7) is 10.3. The van der Waals surface area contributed by atoms with Crippen LogP contribution in [0.1, 0.15) is 48.8 Å². The number of hydrogen-bond acceptors (Lipinski definition) is 12. The van der Waals surface area contributed by atoms with Gasteiger partial charge in [-0.1, -0.05) is 24.3 Å². The van der Waals surface area contributed by atoms with Crippen LogP contribution >= 0.6 is 0 Å². The van der Waals surface area contributed by atoms with E-state index in [1.807, 2.05) is 42.2 Å². The topological polar surface area (TPSA) is 180 Å². The summed E-state index contributed by atoms with van der Waals surface area (Å²) >= 11 is 0. The van der Waals surface area contributed by atoms with Crippen molar-refractivity contribution in [3.8, 4) is 0 Å². The van der Waals surface area contributed by atoms with Gasteiger partial charge in [0.1, 0.15) is 0 Å². The average molecular weight is 873 g/mol. The normalized spacial score (nSPS) is 20.3. The Bertz CT molecular complexity index is 2200. The van der Waals surface area contributed by atoms with Crippen molar-refractivity contribution in [1.82, 2.24) is 34.0 Å². The fourth-order valence-corrected chi connectivity index (χ4v) is 9.80. The lowest BCUT2D eigenvalue weighted by Crippen LogP contribution is -2.56. The van der Waals surface area contributed by atoms with E-state index in [0.29, 0.717) is 121 Å². The molecule has 0 spiro atoms. The van der Waals surface area contributed by atoms with Crippen molar-refractivity contribution in [2.75, 3.05) is 104 Å². The number of aromatic nitrogens is 1. The van der Waals surface area contributed by atoms with E-state index in [1.165, 1.54) is 4.57 Å². The Morgan fingerprint density at radius 2 is 1.52 bits per heavy atom. The molecular formula is C45H60N8O10. The number of morpholine rings is 1. The summed E-state index contributed by atoms with van der Waals surface area (Å²) in [4.78, 5) is 90.7. The Kier molecular flexibility index (Phi) is 14.0. The SMILES string of the molecule is Cc1cc(C[C@@H](OC(=O)N2CCC(N3CCc4ccccc4NC3=O)CC2)C(=O)N2CCC(N3CCN(C(=O)C(=O)OCCCN4CCOCC4)CC3)CC2)cc2oc(=O)n(C)c12. The van der Waals surface area contributed by atoms with E-state index in [2.05, 4.69) is 15.1 Å². The third kappa shape index (κ3) is 10.3. The van der Waals surface area contributed by atoms with Crippen molar-refractivity contribution in [3.05, 3.63) is 63.6 Å². The Labute approximate surface area is 366 Å². The van der Waals surface area contributed by atoms with Gasteiger partial charge in [-0.2, -0.15) is 0 Å². The van der Waals surface area contributed by atoms with Crippen LogP contribution in [0.5, 0.6) is 0 Å². The van der Waals surface area contributed by atoms with Gasteiger partial charge in [-0.25, -0.2) is 19.2 Å². The second-order valence-electron chi connectivity index (χ2n) is 17.3. The Morgan fingerprint density at radius 1 is 0.825 bits per heavy atom. The molecule has 6 heterocycles. The summed E-state index contributed by atoms with van der Waals surface area (Å²) in [5.74, 6) is -2.19. The molecule has 18 heteroatoms. The molecule has 0 unspecified atom stereocenters. The Hall–Kier alpha value is -5.46. The largest absolute Gasteiger partial charge is 0.458 e. The van der Waals surface area contributed by atoms with E-state index in [0.717, 1.165) is 42.9 Å². The maximum absolute atomic E-state index is 14.4. The third-order valence-corrected chi connectivity index (χ3v) is 13.4. The number of carbonyl (C=O) groups is 5. The van der Waals surface area contributed by atoms with Crippen molar-refractivity contribution in [3.63, 3.8) is 0 Å². The number of aryl methyl sites for hydroxylation is 2. The van der Waals surface area contributed by atoms with E-state index in [-0.39, 0.29) is 37.0 Å². The molecule has 18 nitrogen and oxygen atoms in total. The first kappa shape index (κ1) is 44.2. The molecule has 4 saturated heterocycles. The highest BCUT2D eigenvalue weighted by Gasteiger charge is 2.37. The van der Waals surface area contributed by atoms with Crippen LogP contribution in [0.15, 0.2) is 45.6 Å². The lowest BCUT2D eigenvalue weighted by atomic mass is 9.99. The van der Waals surface area contributed by atoms with Crippen LogP contribution in [0.4, 0.5) is 15.3 Å². The maximum Gasteiger partial charge on any atom is 0.419 e. The summed E-state index contributed by atoms with van der Waals surface area (Å²) in [7, 11) is 1.64. The molecular weight excluding hydrogens is 813 g/mol. The van der Waals surface area contributed by atoms with Gasteiger partial charge < -0.3 is 43.5 Å². The monoisotopic (exact) mass is 872 g/mol. The van der Waals surface area contributed by atoms with E-state index in [1.54, 1.807) is 27.8 Å². The van der Waals surface area contributed by atoms with E-state index in [9.17, 15) is 28.8 Å². The smallest absolute Gasteiger partial charge is 0.419 e. The number of rotatable bonds is 10. The first-order valence-electron chi connectivity index (χ1n) is 22.5. The number of likely N-dealkylation sites (tertiary alicyclic amines) is 2. The molecule has 5 amide bonds. The number of ether oxygens (including phenoxy) is 3. The second-order valence-corrected chi connectivity index (χ2v) is 17.3. The number of piperazine rings is 1. The molecule has 63 heavy (non-hydrogen) atoms. The molecule has 2 aromatic carbocycles. The molecule has 1 N–H and O–H groups in total. The third-order valence-electron chi connectivity index (χ3n) is 13.4. The van der Waals surface area contributed by atoms with Gasteiger partial charge in [0.15, 0.2) is 11.7 Å². The highest BCUT2D eigenvalue weighted by Crippen LogP contribution is 2.27. The van der Waals surface area contributed by atoms with Gasteiger partial charge in [0.2, 0.25) is 0 Å². The summed E-state index contributed by atoms with van der Waals surface area (Å²) in [5.41, 5.74) is 4.48. The van der Waals surface area contributed by atoms with Gasteiger partial charge in [0, 0.05) is 110 Å². The van der Waals surface area contributed by atoms with Gasteiger partial charge in [-0.15, -0.1) is 0 Å². The van der Waals surface area contributed by atoms with Crippen LogP contribution in [0.25, 0.3) is 11.1 Å². The number of fused-ring (bicyclic) bond motifs is 2. The number of anilines is 1. The molecule has 8 rings (SSSR count). The predicted octanol–water partition coefficient (Wildman–Crippen LogP) is 2.44. The molecule has 0 aliphatic carbocycles. The highest BCUT2D eigenvalue weighted by molar-refractivity contribution is 6.32. The molecule has 4 fully saturated rings. The zero-order valence-electron chi connectivity index (χ0n) is 36.5. The number of piperidine rings is 2. The summed E-state index contributed by atoms with van der Waals surface area (Å²) < 4.78 is 23.7. The van der Waals surface area contributed by atoms with E-state index < -0.39 is 29.8 Å². The van der Waals surface area contributed by atoms with Gasteiger partial charge >= 0.3 is 29.8 Å². The van der Waals surface area contributed by atoms with Crippen molar-refractivity contribution in [2.45, 2.75) is 70.1 Å². The van der Waals surface area contributed by atoms with E-state index in [4.69, 9.17) is 18.6 Å². The van der Waals surface area contributed by atoms with E-state index >= 15 is 0 Å². The first-order valence-corrected chi connectivity index (χ1v) is 22.5. The molecule has 340 valence electrons. The second kappa shape index (κ2) is 19.9. The summed E-state index contributed by atoms with van der Waals surface area (Å²) in [6.07, 6.45) is 2.36. The standard InChI is InChI=1S/C45H60N8O10/c1-31-28-32(29-37-39(31)47(2)44(58)62-37)30-38(63-45(59)52-16-11-35(12-17-52)53-18-8-33-6-3-4-7-36(33)46-43(53)57)40(54)50-14-9-34(10-15-50)49-19-21-51(22-20-49)41(55)42(56)61-25-5-13-48-23-26-60-27-24-48/h3-4,6-7,28-29,34-35,38H,5,8-27,30H2,1-2H3,(H,46,57)/t38-/m1/s1. The average Bonchev–Trinajstić information content (AvgIpc) is 3.48. The number of para-hydroxylation sites is 1. The van der Waals surface area contributed by atoms with Crippen LogP contribution < -0.4 is 11.1 Å². The Balaban J connectivity index is 0.846. The van der Waals surface area contributed by atoms with Crippen LogP contribution in [-0.4, -0.2) is 180 Å². The molecule has 0 radical (unpaired) electrons. The molecule has 1 aromatic heterocycles. The number of oxazole rings is 1. The zero-order valence-corrected chi connectivity index (χ0v) is 36.5. The van der Waals surface area contributed by atoms with Crippen LogP contribution in [-0.2, 0) is 48.5 Å². The van der Waals surface area contributed by atoms with Crippen LogP contribution in [0, 0.1) is 6.92 Å². The number of urea groups is 1. The van der Waals surface area contributed by atoms with Gasteiger partial charge in [0.25, 0.3) is 5.91 Å². The number of nitrogens with one attached hydrogen (secondary N) is 1. The minimum atomic E-state index is -1.12. The number of esters is 1. The zero-order chi connectivity index (χ0) is 44.0. The Morgan fingerprint density at radius 3 is 2.27 bits per heavy atom. The van der Waals surface area contributed by atoms with Gasteiger partial charge in [0.05, 0.1) is 25.3 Å². The molecule has 5 aliphatic rings. The lowest BCUT2D eigenvalue weighted by Gasteiger charge is -2.43. The van der Waals surface area contributed by atoms with Crippen molar-refractivity contribution >= 4 is 46.7 Å². The number of hydrogen-bond donors (Lipinski definition) is 1. The summed E-state index contributed by atoms with van der Waals surface area (Å²) in [5, 5.41) is 3.04. The first-order chi connectivity index (χ1) is 30.5. The number of nitrogens with zero attached hydrogens (tertiary/aromatic N) is 7. The van der Waals surface area contributed by atoms with Crippen molar-refractivity contribution in [2.24, 2.45) is 7.05 Å². The van der Waals surface area contributed by atoms with Crippen molar-refractivity contribution < 1.29 is 42.6 Å². The fourth-order valence-electron chi connectivity index (χ4n) is 9.80. The molecule has 0 bridgehead atoms. The highest BCUT2D eigenvalue weighted by atomic mass is 16.6. The predicted molar refractivity (Wildman–Crippen MR) is 231 cm³/mol. The van der Waals surface area contributed by atoms with Gasteiger partial charge in [-0.3, -0.25) is 24.0 Å². The summed E-state index contributed by atoms with van der Waals surface area (Å²) in [6, 6.07) is 11.4. The molecule has 1 atom stereocenters. The minimum Gasteiger partial charge on any atom is -0.458 e. The number of benzene rings is 2. The fraction of sp³-hybridized carbons (Fsp3) is 0.600. The lowest BCUT2D eigenvalue weighted by molar-refractivity contribution is -0.161. The molecule has 0 saturated carbocycles. The van der Waals surface area contributed by atoms with Crippen LogP contribution in [0.2, 0.25) is 0 Å². The maximum atomic E-state index is 14.4. The number of amides is 5. The van der Waals surface area contributed by atoms with Crippen LogP contribution in [0.3, 0.4) is 0 Å². The molecule has 5 aliphatic heterocycles.